The van der Waals surface area contributed by atoms with Crippen molar-refractivity contribution in [2.75, 3.05) is 13.9 Å². The quantitative estimate of drug-likeness (QED) is 0.804. The van der Waals surface area contributed by atoms with E-state index in [0.29, 0.717) is 23.3 Å². The van der Waals surface area contributed by atoms with E-state index in [1.54, 1.807) is 31.4 Å². The summed E-state index contributed by atoms with van der Waals surface area (Å²) in [5.74, 6) is -1.67. The van der Waals surface area contributed by atoms with Crippen LogP contribution in [0.1, 0.15) is 16.7 Å². The van der Waals surface area contributed by atoms with Gasteiger partial charge < -0.3 is 24.1 Å². The van der Waals surface area contributed by atoms with Crippen LogP contribution >= 0.6 is 0 Å². The van der Waals surface area contributed by atoms with Gasteiger partial charge in [0.05, 0.1) is 7.11 Å². The Morgan fingerprint density at radius 2 is 1.96 bits per heavy atom. The molecule has 6 heteroatoms. The van der Waals surface area contributed by atoms with Crippen LogP contribution in [-0.4, -0.2) is 25.0 Å². The molecule has 0 saturated heterocycles. The average Bonchev–Trinajstić information content (AvgIpc) is 3.29. The highest BCUT2D eigenvalue weighted by Crippen LogP contribution is 2.44. The van der Waals surface area contributed by atoms with Crippen LogP contribution in [0.5, 0.6) is 5.75 Å². The maximum absolute atomic E-state index is 12.7. The van der Waals surface area contributed by atoms with Gasteiger partial charge in [0.25, 0.3) is 5.79 Å². The molecule has 0 fully saturated rings. The zero-order chi connectivity index (χ0) is 19.7. The molecule has 2 aromatic rings. The van der Waals surface area contributed by atoms with E-state index in [1.807, 2.05) is 31.2 Å². The van der Waals surface area contributed by atoms with Crippen LogP contribution in [0.2, 0.25) is 0 Å². The second-order valence-corrected chi connectivity index (χ2v) is 6.69. The molecule has 6 nitrogen and oxygen atoms in total. The third-order valence-electron chi connectivity index (χ3n) is 4.82. The standard InChI is InChI=1S/C22H20O6/c1-14-4-3-5-15(10-14)11-18-20(19-12-26-13-27-19)21(23)28-22(18,24)16-6-8-17(25-2)9-7-16/h3-10,12,24H,11,13H2,1-2H3. The fourth-order valence-corrected chi connectivity index (χ4v) is 3.45. The highest BCUT2D eigenvalue weighted by Gasteiger charge is 2.49. The van der Waals surface area contributed by atoms with Crippen molar-refractivity contribution in [3.63, 3.8) is 0 Å². The van der Waals surface area contributed by atoms with Gasteiger partial charge >= 0.3 is 5.97 Å². The van der Waals surface area contributed by atoms with E-state index in [1.165, 1.54) is 6.26 Å². The minimum absolute atomic E-state index is 0.0187. The van der Waals surface area contributed by atoms with E-state index in [-0.39, 0.29) is 18.1 Å². The molecule has 0 spiro atoms. The van der Waals surface area contributed by atoms with Gasteiger partial charge in [0, 0.05) is 17.6 Å². The number of hydrogen-bond donors (Lipinski definition) is 1. The molecule has 1 N–H and O–H groups in total. The van der Waals surface area contributed by atoms with E-state index in [0.717, 1.165) is 11.1 Å². The van der Waals surface area contributed by atoms with Gasteiger partial charge in [0.1, 0.15) is 17.6 Å². The van der Waals surface area contributed by atoms with Gasteiger partial charge in [-0.2, -0.15) is 0 Å². The number of carbonyl (C=O) groups excluding carboxylic acids is 1. The molecule has 2 aromatic carbocycles. The molecule has 2 aliphatic rings. The molecular weight excluding hydrogens is 360 g/mol. The van der Waals surface area contributed by atoms with Gasteiger partial charge in [0.15, 0.2) is 5.76 Å². The number of benzene rings is 2. The summed E-state index contributed by atoms with van der Waals surface area (Å²) in [6.45, 7) is 2.01. The van der Waals surface area contributed by atoms with E-state index < -0.39 is 11.8 Å². The van der Waals surface area contributed by atoms with Crippen molar-refractivity contribution in [1.82, 2.24) is 0 Å². The van der Waals surface area contributed by atoms with E-state index in [2.05, 4.69) is 0 Å². The Kier molecular flexibility index (Phi) is 4.57. The van der Waals surface area contributed by atoms with Crippen molar-refractivity contribution in [3.8, 4) is 5.75 Å². The van der Waals surface area contributed by atoms with Crippen LogP contribution in [0, 0.1) is 6.92 Å². The predicted octanol–water partition coefficient (Wildman–Crippen LogP) is 3.09. The Hall–Kier alpha value is -3.25. The zero-order valence-corrected chi connectivity index (χ0v) is 15.6. The normalized spacial score (nSPS) is 21.1. The third kappa shape index (κ3) is 3.12. The first-order chi connectivity index (χ1) is 13.5. The number of esters is 1. The Bertz CT molecular complexity index is 973. The minimum Gasteiger partial charge on any atom is -0.497 e. The lowest BCUT2D eigenvalue weighted by Gasteiger charge is -2.26. The SMILES string of the molecule is COc1ccc(C2(O)OC(=O)C(C3=COCO3)=C2Cc2cccc(C)c2)cc1. The van der Waals surface area contributed by atoms with Gasteiger partial charge in [-0.05, 0) is 36.8 Å². The highest BCUT2D eigenvalue weighted by atomic mass is 16.7. The molecule has 0 saturated carbocycles. The molecule has 28 heavy (non-hydrogen) atoms. The van der Waals surface area contributed by atoms with E-state index in [9.17, 15) is 9.90 Å². The molecule has 4 rings (SSSR count). The number of hydrogen-bond acceptors (Lipinski definition) is 6. The molecule has 2 heterocycles. The lowest BCUT2D eigenvalue weighted by molar-refractivity contribution is -0.186. The van der Waals surface area contributed by atoms with Crippen molar-refractivity contribution in [2.45, 2.75) is 19.1 Å². The summed E-state index contributed by atoms with van der Waals surface area (Å²) >= 11 is 0. The molecular formula is C22H20O6. The Morgan fingerprint density at radius 3 is 2.61 bits per heavy atom. The van der Waals surface area contributed by atoms with Crippen LogP contribution in [0.25, 0.3) is 0 Å². The summed E-state index contributed by atoms with van der Waals surface area (Å²) in [6.07, 6.45) is 1.68. The molecule has 2 aliphatic heterocycles. The molecule has 0 aromatic heterocycles. The Balaban J connectivity index is 1.83. The molecule has 1 unspecified atom stereocenters. The van der Waals surface area contributed by atoms with E-state index in [4.69, 9.17) is 18.9 Å². The monoisotopic (exact) mass is 380 g/mol. The minimum atomic E-state index is -1.91. The maximum atomic E-state index is 12.7. The molecule has 0 radical (unpaired) electrons. The average molecular weight is 380 g/mol. The Labute approximate surface area is 162 Å². The molecule has 0 bridgehead atoms. The molecule has 144 valence electrons. The van der Waals surface area contributed by atoms with Gasteiger partial charge in [-0.25, -0.2) is 4.79 Å². The number of cyclic esters (lactones) is 1. The van der Waals surface area contributed by atoms with Crippen LogP contribution in [0.4, 0.5) is 0 Å². The van der Waals surface area contributed by atoms with Crippen molar-refractivity contribution in [3.05, 3.63) is 88.4 Å². The van der Waals surface area contributed by atoms with Crippen LogP contribution < -0.4 is 4.74 Å². The third-order valence-corrected chi connectivity index (χ3v) is 4.82. The first-order valence-electron chi connectivity index (χ1n) is 8.85. The van der Waals surface area contributed by atoms with Gasteiger partial charge in [0.2, 0.25) is 6.79 Å². The number of aryl methyl sites for hydroxylation is 1. The lowest BCUT2D eigenvalue weighted by Crippen LogP contribution is -2.29. The van der Waals surface area contributed by atoms with Gasteiger partial charge in [-0.1, -0.05) is 29.8 Å². The number of carbonyl (C=O) groups is 1. The Morgan fingerprint density at radius 1 is 1.18 bits per heavy atom. The number of ether oxygens (including phenoxy) is 4. The largest absolute Gasteiger partial charge is 0.497 e. The first kappa shape index (κ1) is 18.1. The smallest absolute Gasteiger partial charge is 0.345 e. The topological polar surface area (TPSA) is 74.2 Å². The molecule has 1 atom stereocenters. The van der Waals surface area contributed by atoms with Gasteiger partial charge in [-0.15, -0.1) is 0 Å². The van der Waals surface area contributed by atoms with E-state index >= 15 is 0 Å². The summed E-state index contributed by atoms with van der Waals surface area (Å²) < 4.78 is 21.2. The van der Waals surface area contributed by atoms with Crippen LogP contribution in [0.3, 0.4) is 0 Å². The molecule has 0 amide bonds. The first-order valence-corrected chi connectivity index (χ1v) is 8.85. The summed E-state index contributed by atoms with van der Waals surface area (Å²) in [4.78, 5) is 12.7. The zero-order valence-electron chi connectivity index (χ0n) is 15.6. The number of methoxy groups -OCH3 is 1. The van der Waals surface area contributed by atoms with Crippen molar-refractivity contribution in [1.29, 1.82) is 0 Å². The van der Waals surface area contributed by atoms with Crippen LogP contribution in [0.15, 0.2) is 71.7 Å². The van der Waals surface area contributed by atoms with Crippen LogP contribution in [-0.2, 0) is 31.2 Å². The summed E-state index contributed by atoms with van der Waals surface area (Å²) in [6, 6.07) is 14.6. The number of aliphatic hydroxyl groups is 1. The van der Waals surface area contributed by atoms with Crippen molar-refractivity contribution < 1.29 is 28.8 Å². The van der Waals surface area contributed by atoms with Crippen molar-refractivity contribution >= 4 is 5.97 Å². The fourth-order valence-electron chi connectivity index (χ4n) is 3.45. The lowest BCUT2D eigenvalue weighted by atomic mass is 9.89. The summed E-state index contributed by atoms with van der Waals surface area (Å²) in [7, 11) is 1.56. The highest BCUT2D eigenvalue weighted by molar-refractivity contribution is 5.97. The number of rotatable bonds is 5. The second kappa shape index (κ2) is 7.05. The predicted molar refractivity (Wildman–Crippen MR) is 100 cm³/mol. The maximum Gasteiger partial charge on any atom is 0.345 e. The summed E-state index contributed by atoms with van der Waals surface area (Å²) in [5, 5.41) is 11.5. The second-order valence-electron chi connectivity index (χ2n) is 6.69. The fraction of sp³-hybridized carbons (Fsp3) is 0.227. The molecule has 0 aliphatic carbocycles. The van der Waals surface area contributed by atoms with Gasteiger partial charge in [-0.3, -0.25) is 0 Å². The van der Waals surface area contributed by atoms with Crippen molar-refractivity contribution in [2.24, 2.45) is 0 Å². The summed E-state index contributed by atoms with van der Waals surface area (Å²) in [5.41, 5.74) is 3.05.